The molecule has 0 bridgehead atoms. The molecule has 4 fully saturated rings. The first-order valence-electron chi connectivity index (χ1n) is 21.0. The van der Waals surface area contributed by atoms with Crippen LogP contribution in [0.5, 0.6) is 5.75 Å². The van der Waals surface area contributed by atoms with Crippen molar-refractivity contribution >= 4 is 45.3 Å². The molecule has 0 aliphatic carbocycles. The summed E-state index contributed by atoms with van der Waals surface area (Å²) in [6.45, 7) is 9.80. The first-order valence-corrected chi connectivity index (χ1v) is 21.0. The number of carbonyl (C=O) groups is 2. The number of amides is 2. The molecule has 5 aliphatic rings. The highest BCUT2D eigenvalue weighted by Crippen LogP contribution is 2.38. The second-order valence-electron chi connectivity index (χ2n) is 16.7. The highest BCUT2D eigenvalue weighted by atomic mass is 16.3. The number of imide groups is 1. The van der Waals surface area contributed by atoms with Crippen molar-refractivity contribution in [2.24, 2.45) is 0 Å². The Morgan fingerprint density at radius 3 is 2.46 bits per heavy atom. The van der Waals surface area contributed by atoms with Gasteiger partial charge in [0.15, 0.2) is 5.82 Å². The molecule has 5 aliphatic heterocycles. The number of hydrogen-bond acceptors (Lipinski definition) is 11. The van der Waals surface area contributed by atoms with Crippen molar-refractivity contribution in [3.63, 3.8) is 0 Å². The lowest BCUT2D eigenvalue weighted by atomic mass is 9.95. The van der Waals surface area contributed by atoms with E-state index in [4.69, 9.17) is 0 Å². The van der Waals surface area contributed by atoms with Gasteiger partial charge in [-0.2, -0.15) is 0 Å². The summed E-state index contributed by atoms with van der Waals surface area (Å²) in [5, 5.41) is 27.6. The number of nitrogens with one attached hydrogen (secondary N) is 2. The van der Waals surface area contributed by atoms with Crippen LogP contribution in [0.2, 0.25) is 0 Å². The summed E-state index contributed by atoms with van der Waals surface area (Å²) in [6.07, 6.45) is 9.73. The Labute approximate surface area is 333 Å². The summed E-state index contributed by atoms with van der Waals surface area (Å²) in [5.41, 5.74) is 5.62. The van der Waals surface area contributed by atoms with Crippen LogP contribution < -0.4 is 15.5 Å². The van der Waals surface area contributed by atoms with E-state index in [1.54, 1.807) is 12.3 Å². The number of fused-ring (bicyclic) bond motifs is 6. The van der Waals surface area contributed by atoms with E-state index >= 15 is 0 Å². The van der Waals surface area contributed by atoms with Crippen LogP contribution in [0, 0.1) is 0 Å². The van der Waals surface area contributed by atoms with Crippen LogP contribution in [0.4, 0.5) is 11.5 Å². The second kappa shape index (κ2) is 15.3. The molecule has 5 aromatic rings. The number of nitrogens with zero attached hydrogens (tertiary/aromatic N) is 8. The first-order chi connectivity index (χ1) is 28.0. The molecule has 296 valence electrons. The number of phenols is 1. The van der Waals surface area contributed by atoms with E-state index in [1.165, 1.54) is 57.4 Å². The summed E-state index contributed by atoms with van der Waals surface area (Å²) in [6, 6.07) is 21.4. The van der Waals surface area contributed by atoms with E-state index in [0.717, 1.165) is 79.0 Å². The van der Waals surface area contributed by atoms with Crippen LogP contribution in [0.25, 0.3) is 33.2 Å². The third kappa shape index (κ3) is 6.99. The van der Waals surface area contributed by atoms with Crippen LogP contribution in [-0.4, -0.2) is 128 Å². The molecule has 2 atom stereocenters. The van der Waals surface area contributed by atoms with Gasteiger partial charge in [-0.15, -0.1) is 10.2 Å². The number of likely N-dealkylation sites (tertiary alicyclic amines) is 2. The molecule has 57 heavy (non-hydrogen) atoms. The number of hydrogen-bond donors (Lipinski definition) is 3. The monoisotopic (exact) mass is 768 g/mol. The topological polar surface area (TPSA) is 135 Å². The van der Waals surface area contributed by atoms with E-state index in [9.17, 15) is 14.7 Å². The van der Waals surface area contributed by atoms with Crippen molar-refractivity contribution < 1.29 is 14.7 Å². The summed E-state index contributed by atoms with van der Waals surface area (Å²) in [4.78, 5) is 40.1. The van der Waals surface area contributed by atoms with Crippen LogP contribution in [0.1, 0.15) is 56.6 Å². The molecule has 13 heteroatoms. The molecule has 2 aromatic carbocycles. The minimum atomic E-state index is -0.433. The molecule has 4 saturated heterocycles. The predicted octanol–water partition coefficient (Wildman–Crippen LogP) is 4.81. The van der Waals surface area contributed by atoms with Gasteiger partial charge in [-0.25, -0.2) is 4.98 Å². The van der Waals surface area contributed by atoms with E-state index < -0.39 is 6.04 Å². The number of para-hydroxylation sites is 1. The number of pyridine rings is 1. The van der Waals surface area contributed by atoms with Gasteiger partial charge in [-0.1, -0.05) is 18.2 Å². The van der Waals surface area contributed by atoms with Gasteiger partial charge >= 0.3 is 0 Å². The summed E-state index contributed by atoms with van der Waals surface area (Å²) < 4.78 is 2.03. The lowest BCUT2D eigenvalue weighted by Crippen LogP contribution is -2.61. The van der Waals surface area contributed by atoms with Crippen molar-refractivity contribution in [3.8, 4) is 17.0 Å². The van der Waals surface area contributed by atoms with Gasteiger partial charge in [-0.3, -0.25) is 19.8 Å². The Balaban J connectivity index is 0.692. The minimum Gasteiger partial charge on any atom is -0.507 e. The van der Waals surface area contributed by atoms with Crippen molar-refractivity contribution in [2.45, 2.75) is 75.5 Å². The Bertz CT molecular complexity index is 2300. The molecule has 1 unspecified atom stereocenters. The smallest absolute Gasteiger partial charge is 0.249 e. The molecule has 10 rings (SSSR count). The number of aromatic hydroxyl groups is 1. The Kier molecular flexibility index (Phi) is 9.75. The number of aryl methyl sites for hydroxylation is 1. The molecular formula is C44H52N10O3. The Morgan fingerprint density at radius 1 is 0.789 bits per heavy atom. The number of piperidine rings is 3. The van der Waals surface area contributed by atoms with Crippen molar-refractivity contribution in [1.82, 2.24) is 39.8 Å². The molecule has 2 amide bonds. The normalized spacial score (nSPS) is 23.1. The van der Waals surface area contributed by atoms with E-state index in [1.807, 2.05) is 28.8 Å². The fourth-order valence-electron chi connectivity index (χ4n) is 10.4. The third-order valence-corrected chi connectivity index (χ3v) is 13.5. The van der Waals surface area contributed by atoms with Gasteiger partial charge in [0.25, 0.3) is 0 Å². The van der Waals surface area contributed by atoms with E-state index in [2.05, 4.69) is 75.7 Å². The average molecular weight is 769 g/mol. The second-order valence-corrected chi connectivity index (χ2v) is 16.7. The standard InChI is InChI=1S/C44H52N10O3/c55-40-8-2-1-6-34(40)36-26-39-42(49-48-36)46-27-32-28-52(23-24-53(32)39)31-15-21-51(22-16-31)30-13-19-50(20-14-30)18-4-5-29-9-10-37-35(25-29)33-7-3-17-45-43(33)54(37)38-11-12-41(56)47-44(38)57/h1-3,6-10,17,25-26,30-32,38,55H,4-5,11-16,18-24,27-28H2,(H,46,49)(H,47,56,57)/t32-,38?/m0/s1. The van der Waals surface area contributed by atoms with E-state index in [0.29, 0.717) is 42.2 Å². The van der Waals surface area contributed by atoms with Crippen LogP contribution in [0.15, 0.2) is 66.9 Å². The summed E-state index contributed by atoms with van der Waals surface area (Å²) >= 11 is 0. The van der Waals surface area contributed by atoms with Gasteiger partial charge in [0, 0.05) is 67.2 Å². The van der Waals surface area contributed by atoms with Gasteiger partial charge in [0.2, 0.25) is 11.8 Å². The zero-order valence-corrected chi connectivity index (χ0v) is 32.5. The van der Waals surface area contributed by atoms with Crippen LogP contribution >= 0.6 is 0 Å². The highest BCUT2D eigenvalue weighted by molar-refractivity contribution is 6.09. The molecule has 3 N–H and O–H groups in total. The summed E-state index contributed by atoms with van der Waals surface area (Å²) in [7, 11) is 0. The number of benzene rings is 2. The quantitative estimate of drug-likeness (QED) is 0.188. The zero-order valence-electron chi connectivity index (χ0n) is 32.5. The van der Waals surface area contributed by atoms with Gasteiger partial charge < -0.3 is 29.7 Å². The first kappa shape index (κ1) is 36.2. The molecule has 0 spiro atoms. The fourth-order valence-corrected chi connectivity index (χ4v) is 10.4. The molecule has 13 nitrogen and oxygen atoms in total. The van der Waals surface area contributed by atoms with E-state index in [-0.39, 0.29) is 17.6 Å². The molecule has 0 saturated carbocycles. The Morgan fingerprint density at radius 2 is 1.61 bits per heavy atom. The number of piperazine rings is 1. The zero-order chi connectivity index (χ0) is 38.5. The number of rotatable bonds is 8. The minimum absolute atomic E-state index is 0.202. The van der Waals surface area contributed by atoms with Crippen LogP contribution in [0.3, 0.4) is 0 Å². The van der Waals surface area contributed by atoms with Gasteiger partial charge in [0.05, 0.1) is 22.9 Å². The number of carbonyl (C=O) groups excluding carboxylic acids is 2. The number of anilines is 2. The maximum absolute atomic E-state index is 12.8. The summed E-state index contributed by atoms with van der Waals surface area (Å²) in [5.74, 6) is 0.617. The molecular weight excluding hydrogens is 717 g/mol. The molecule has 0 radical (unpaired) electrons. The molecule has 8 heterocycles. The third-order valence-electron chi connectivity index (χ3n) is 13.5. The average Bonchev–Trinajstić information content (AvgIpc) is 3.57. The number of aromatic nitrogens is 4. The number of phenolic OH excluding ortho intramolecular Hbond substituents is 1. The SMILES string of the molecule is O=C1CCC(n2c3ccc(CCCN4CCC(N5CCC(N6CCN7c8cc(-c9ccccc9O)nnc8NC[C@H]7C6)CC5)CC4)cc3c3cccnc32)C(=O)N1. The largest absolute Gasteiger partial charge is 0.507 e. The lowest BCUT2D eigenvalue weighted by Gasteiger charge is -2.50. The fraction of sp³-hybridized carbons (Fsp3) is 0.477. The lowest BCUT2D eigenvalue weighted by molar-refractivity contribution is -0.135. The van der Waals surface area contributed by atoms with Gasteiger partial charge in [-0.05, 0) is 126 Å². The Hall–Kier alpha value is -5.11. The van der Waals surface area contributed by atoms with Crippen LogP contribution in [-0.2, 0) is 16.0 Å². The van der Waals surface area contributed by atoms with Crippen molar-refractivity contribution in [1.29, 1.82) is 0 Å². The van der Waals surface area contributed by atoms with Crippen molar-refractivity contribution in [2.75, 3.05) is 69.1 Å². The molecule has 3 aromatic heterocycles. The predicted molar refractivity (Wildman–Crippen MR) is 221 cm³/mol. The maximum atomic E-state index is 12.8. The van der Waals surface area contributed by atoms with Crippen molar-refractivity contribution in [3.05, 3.63) is 72.4 Å². The highest BCUT2D eigenvalue weighted by Gasteiger charge is 2.37. The maximum Gasteiger partial charge on any atom is 0.249 e. The van der Waals surface area contributed by atoms with Gasteiger partial charge in [0.1, 0.15) is 17.4 Å².